The summed E-state index contributed by atoms with van der Waals surface area (Å²) < 4.78 is 19.4. The third-order valence-electron chi connectivity index (χ3n) is 3.65. The number of hydrogen-bond acceptors (Lipinski definition) is 6. The maximum Gasteiger partial charge on any atom is 0.408 e. The van der Waals surface area contributed by atoms with Crippen molar-refractivity contribution in [3.8, 4) is 0 Å². The quantitative estimate of drug-likeness (QED) is 0.534. The van der Waals surface area contributed by atoms with Gasteiger partial charge in [-0.1, -0.05) is 38.1 Å². The van der Waals surface area contributed by atoms with Gasteiger partial charge in [0.1, 0.15) is 18.0 Å². The number of anilines is 1. The molecule has 0 unspecified atom stereocenters. The zero-order valence-corrected chi connectivity index (χ0v) is 18.5. The van der Waals surface area contributed by atoms with Crippen LogP contribution < -0.4 is 10.2 Å². The Morgan fingerprint density at radius 2 is 1.66 bits per heavy atom. The second-order valence-corrected chi connectivity index (χ2v) is 7.12. The van der Waals surface area contributed by atoms with E-state index in [1.807, 2.05) is 13.8 Å². The number of para-hydroxylation sites is 1. The van der Waals surface area contributed by atoms with Gasteiger partial charge in [-0.15, -0.1) is 0 Å². The minimum Gasteiger partial charge on any atom is -0.444 e. The number of carbonyl (C=O) groups is 3. The Hall–Kier alpha value is -3.82. The highest BCUT2D eigenvalue weighted by atomic mass is 19.1. The number of nitro groups is 1. The number of nitrogens with one attached hydrogen (secondary N) is 1. The Bertz CT molecular complexity index is 973. The summed E-state index contributed by atoms with van der Waals surface area (Å²) >= 11 is 0. The minimum absolute atomic E-state index is 0.0519. The summed E-state index contributed by atoms with van der Waals surface area (Å²) in [6, 6.07) is 10.4. The van der Waals surface area contributed by atoms with Crippen molar-refractivity contribution in [1.29, 1.82) is 0 Å². The lowest BCUT2D eigenvalue weighted by atomic mass is 10.1. The summed E-state index contributed by atoms with van der Waals surface area (Å²) in [5.41, 5.74) is -2.41. The fourth-order valence-electron chi connectivity index (χ4n) is 2.48. The number of alkyl carbamates (subject to hydrolysis) is 1. The van der Waals surface area contributed by atoms with Crippen LogP contribution in [0.5, 0.6) is 0 Å². The highest BCUT2D eigenvalue weighted by Crippen LogP contribution is 2.26. The maximum atomic E-state index is 14.3. The fourth-order valence-corrected chi connectivity index (χ4v) is 2.48. The van der Waals surface area contributed by atoms with Crippen LogP contribution in [0.1, 0.15) is 45.0 Å². The molecule has 2 rings (SSSR count). The predicted molar refractivity (Wildman–Crippen MR) is 117 cm³/mol. The van der Waals surface area contributed by atoms with Crippen LogP contribution in [-0.4, -0.2) is 35.0 Å². The predicted octanol–water partition coefficient (Wildman–Crippen LogP) is 4.46. The lowest BCUT2D eigenvalue weighted by molar-refractivity contribution is -0.385. The van der Waals surface area contributed by atoms with Gasteiger partial charge in [-0.05, 0) is 39.0 Å². The normalized spacial score (nSPS) is 10.3. The smallest absolute Gasteiger partial charge is 0.408 e. The minimum atomic E-state index is -1.23. The molecule has 0 saturated heterocycles. The third kappa shape index (κ3) is 7.15. The molecule has 0 aliphatic heterocycles. The fraction of sp³-hybridized carbons (Fsp3) is 0.318. The van der Waals surface area contributed by atoms with E-state index in [-0.39, 0.29) is 5.69 Å². The number of carbonyl (C=O) groups excluding carboxylic acids is 3. The third-order valence-corrected chi connectivity index (χ3v) is 3.65. The van der Waals surface area contributed by atoms with Gasteiger partial charge in [0, 0.05) is 6.07 Å². The molecular formula is C22H26FN3O6. The molecule has 0 fully saturated rings. The number of amides is 3. The Kier molecular flexibility index (Phi) is 9.45. The maximum absolute atomic E-state index is 14.3. The summed E-state index contributed by atoms with van der Waals surface area (Å²) in [7, 11) is 0. The van der Waals surface area contributed by atoms with Crippen molar-refractivity contribution in [2.75, 3.05) is 11.4 Å². The van der Waals surface area contributed by atoms with Gasteiger partial charge in [-0.2, -0.15) is 0 Å². The van der Waals surface area contributed by atoms with Gasteiger partial charge in [0.2, 0.25) is 0 Å². The average Bonchev–Trinajstić information content (AvgIpc) is 2.73. The van der Waals surface area contributed by atoms with Crippen LogP contribution in [0.15, 0.2) is 48.5 Å². The number of halogens is 1. The molecule has 0 aromatic heterocycles. The van der Waals surface area contributed by atoms with Crippen LogP contribution >= 0.6 is 0 Å². The van der Waals surface area contributed by atoms with E-state index >= 15 is 0 Å². The number of nitro benzene ring substituents is 1. The second kappa shape index (κ2) is 11.5. The number of benzene rings is 2. The Balaban J connectivity index is 0.00000249. The van der Waals surface area contributed by atoms with Gasteiger partial charge in [-0.25, -0.2) is 14.1 Å². The van der Waals surface area contributed by atoms with Gasteiger partial charge in [0.05, 0.1) is 10.6 Å². The summed E-state index contributed by atoms with van der Waals surface area (Å²) in [6.45, 7) is 8.24. The molecule has 0 atom stereocenters. The molecule has 0 saturated carbocycles. The van der Waals surface area contributed by atoms with Gasteiger partial charge < -0.3 is 10.1 Å². The largest absolute Gasteiger partial charge is 0.444 e. The molecule has 0 spiro atoms. The van der Waals surface area contributed by atoms with Crippen molar-refractivity contribution in [2.45, 2.75) is 40.2 Å². The summed E-state index contributed by atoms with van der Waals surface area (Å²) in [4.78, 5) is 48.5. The van der Waals surface area contributed by atoms with Crippen molar-refractivity contribution >= 4 is 29.3 Å². The lowest BCUT2D eigenvalue weighted by Crippen LogP contribution is -2.45. The molecule has 1 N–H and O–H groups in total. The van der Waals surface area contributed by atoms with E-state index in [2.05, 4.69) is 5.32 Å². The molecule has 0 heterocycles. The van der Waals surface area contributed by atoms with Gasteiger partial charge >= 0.3 is 6.09 Å². The zero-order chi connectivity index (χ0) is 24.5. The molecule has 2 aromatic rings. The van der Waals surface area contributed by atoms with E-state index in [0.29, 0.717) is 4.90 Å². The highest BCUT2D eigenvalue weighted by molar-refractivity contribution is 6.23. The molecule has 32 heavy (non-hydrogen) atoms. The van der Waals surface area contributed by atoms with Crippen molar-refractivity contribution in [3.63, 3.8) is 0 Å². The zero-order valence-electron chi connectivity index (χ0n) is 18.5. The van der Waals surface area contributed by atoms with Crippen LogP contribution in [0.3, 0.4) is 0 Å². The molecule has 0 aliphatic carbocycles. The van der Waals surface area contributed by atoms with E-state index in [1.54, 1.807) is 26.8 Å². The molecule has 10 heteroatoms. The molecule has 3 amide bonds. The highest BCUT2D eigenvalue weighted by Gasteiger charge is 2.33. The van der Waals surface area contributed by atoms with Crippen LogP contribution in [0, 0.1) is 15.9 Å². The van der Waals surface area contributed by atoms with Crippen molar-refractivity contribution < 1.29 is 28.4 Å². The van der Waals surface area contributed by atoms with E-state index in [4.69, 9.17) is 4.74 Å². The van der Waals surface area contributed by atoms with E-state index < -0.39 is 52.0 Å². The molecule has 0 aliphatic rings. The van der Waals surface area contributed by atoms with Gasteiger partial charge in [-0.3, -0.25) is 19.7 Å². The monoisotopic (exact) mass is 447 g/mol. The summed E-state index contributed by atoms with van der Waals surface area (Å²) in [5, 5.41) is 13.5. The second-order valence-electron chi connectivity index (χ2n) is 7.12. The Morgan fingerprint density at radius 3 is 2.19 bits per heavy atom. The van der Waals surface area contributed by atoms with Gasteiger partial charge in [0.25, 0.3) is 17.5 Å². The molecule has 0 radical (unpaired) electrons. The Labute approximate surface area is 185 Å². The standard InChI is InChI=1S/C20H20FN3O6.C2H6/c1-20(2,3)30-19(27)22-12-16(25)23(13-8-5-4-6-9-13)18(26)17-14(21)10-7-11-15(17)24(28)29;1-2/h4-11H,12H2,1-3H3,(H,22,27);1-2H3. The first-order valence-electron chi connectivity index (χ1n) is 9.83. The lowest BCUT2D eigenvalue weighted by Gasteiger charge is -2.23. The number of imide groups is 1. The van der Waals surface area contributed by atoms with Crippen molar-refractivity contribution in [2.24, 2.45) is 0 Å². The molecule has 172 valence electrons. The average molecular weight is 447 g/mol. The summed E-state index contributed by atoms with van der Waals surface area (Å²) in [6.07, 6.45) is -0.895. The Morgan fingerprint density at radius 1 is 1.06 bits per heavy atom. The number of nitrogens with zero attached hydrogens (tertiary/aromatic N) is 2. The first kappa shape index (κ1) is 26.2. The van der Waals surface area contributed by atoms with Gasteiger partial charge in [0.15, 0.2) is 5.56 Å². The number of rotatable bonds is 5. The van der Waals surface area contributed by atoms with Crippen molar-refractivity contribution in [3.05, 3.63) is 70.0 Å². The molecular weight excluding hydrogens is 421 g/mol. The molecule has 9 nitrogen and oxygen atoms in total. The number of hydrogen-bond donors (Lipinski definition) is 1. The van der Waals surface area contributed by atoms with Crippen LogP contribution in [0.25, 0.3) is 0 Å². The topological polar surface area (TPSA) is 119 Å². The number of ether oxygens (including phenoxy) is 1. The first-order valence-corrected chi connectivity index (χ1v) is 9.83. The molecule has 2 aromatic carbocycles. The van der Waals surface area contributed by atoms with E-state index in [0.717, 1.165) is 18.2 Å². The summed E-state index contributed by atoms with van der Waals surface area (Å²) in [5.74, 6) is -3.32. The SMILES string of the molecule is CC.CC(C)(C)OC(=O)NCC(=O)N(C(=O)c1c(F)cccc1[N+](=O)[O-])c1ccccc1. The first-order chi connectivity index (χ1) is 15.0. The van der Waals surface area contributed by atoms with Crippen LogP contribution in [-0.2, 0) is 9.53 Å². The van der Waals surface area contributed by atoms with E-state index in [9.17, 15) is 28.9 Å². The van der Waals surface area contributed by atoms with Crippen LogP contribution in [0.2, 0.25) is 0 Å². The molecule has 0 bridgehead atoms. The van der Waals surface area contributed by atoms with Crippen LogP contribution in [0.4, 0.5) is 20.6 Å². The van der Waals surface area contributed by atoms with E-state index in [1.165, 1.54) is 24.3 Å². The van der Waals surface area contributed by atoms with Crippen molar-refractivity contribution in [1.82, 2.24) is 5.32 Å².